The summed E-state index contributed by atoms with van der Waals surface area (Å²) in [6.07, 6.45) is 7.77. The largest absolute Gasteiger partial charge is 0.306 e. The summed E-state index contributed by atoms with van der Waals surface area (Å²) in [5, 5.41) is 0. The first-order chi connectivity index (χ1) is 17.6. The van der Waals surface area contributed by atoms with Gasteiger partial charge in [-0.05, 0) is 37.8 Å². The standard InChI is InChI=1S/C30H32N4O2/c1-3-17-31-23-13-7-5-11-21(23)29(27(31)35)30(34-20-10-16-26(34)25-15-9-19-33(25)29)22-12-6-8-14-24(22)32(18-4-2)28(30)36/h3-8,11-14,25-26H,1-2,9-10,15-20H2/t25-,26-,29-,30-/m0/s1. The number of para-hydroxylation sites is 2. The van der Waals surface area contributed by atoms with Crippen LogP contribution in [0.5, 0.6) is 0 Å². The van der Waals surface area contributed by atoms with E-state index in [-0.39, 0.29) is 23.9 Å². The van der Waals surface area contributed by atoms with Gasteiger partial charge in [-0.1, -0.05) is 48.6 Å². The second-order valence-corrected chi connectivity index (χ2v) is 10.7. The van der Waals surface area contributed by atoms with Crippen molar-refractivity contribution in [1.29, 1.82) is 0 Å². The molecule has 2 spiro atoms. The molecule has 0 unspecified atom stereocenters. The van der Waals surface area contributed by atoms with Crippen molar-refractivity contribution >= 4 is 23.2 Å². The van der Waals surface area contributed by atoms with Crippen molar-refractivity contribution in [3.8, 4) is 0 Å². The zero-order valence-electron chi connectivity index (χ0n) is 20.6. The van der Waals surface area contributed by atoms with Gasteiger partial charge >= 0.3 is 0 Å². The Hall–Kier alpha value is -3.22. The molecule has 0 aromatic heterocycles. The molecule has 7 rings (SSSR count). The lowest BCUT2D eigenvalue weighted by Crippen LogP contribution is -2.80. The third-order valence-corrected chi connectivity index (χ3v) is 9.33. The number of carbonyl (C=O) groups excluding carboxylic acids is 2. The molecule has 6 nitrogen and oxygen atoms in total. The van der Waals surface area contributed by atoms with Crippen molar-refractivity contribution in [3.05, 3.63) is 85.0 Å². The zero-order valence-corrected chi connectivity index (χ0v) is 20.6. The van der Waals surface area contributed by atoms with Crippen molar-refractivity contribution in [3.63, 3.8) is 0 Å². The Bertz CT molecular complexity index is 1210. The number of benzene rings is 2. The van der Waals surface area contributed by atoms with E-state index in [9.17, 15) is 0 Å². The van der Waals surface area contributed by atoms with Gasteiger partial charge in [0.25, 0.3) is 11.8 Å². The Morgan fingerprint density at radius 3 is 1.56 bits per heavy atom. The predicted octanol–water partition coefficient (Wildman–Crippen LogP) is 3.79. The fraction of sp³-hybridized carbons (Fsp3) is 0.400. The minimum atomic E-state index is -1.13. The van der Waals surface area contributed by atoms with Crippen LogP contribution in [0, 0.1) is 0 Å². The molecule has 5 aliphatic heterocycles. The number of hydrogen-bond donors (Lipinski definition) is 0. The van der Waals surface area contributed by atoms with Crippen LogP contribution in [0.15, 0.2) is 73.8 Å². The predicted molar refractivity (Wildman–Crippen MR) is 141 cm³/mol. The van der Waals surface area contributed by atoms with E-state index < -0.39 is 11.1 Å². The molecule has 0 radical (unpaired) electrons. The SMILES string of the molecule is C=CCN1C(=O)[C@]2(c3ccccc31)N1CCC[C@H]1[C@@H]1CCCN1[C@@]21C(=O)N(CC=C)c2ccccc21. The van der Waals surface area contributed by atoms with Crippen molar-refractivity contribution in [1.82, 2.24) is 9.80 Å². The van der Waals surface area contributed by atoms with E-state index in [0.717, 1.165) is 61.3 Å². The minimum absolute atomic E-state index is 0.00413. The highest BCUT2D eigenvalue weighted by Gasteiger charge is 2.79. The highest BCUT2D eigenvalue weighted by molar-refractivity contribution is 6.18. The van der Waals surface area contributed by atoms with Crippen LogP contribution in [0.3, 0.4) is 0 Å². The third kappa shape index (κ3) is 2.27. The average Bonchev–Trinajstić information content (AvgIpc) is 3.66. The molecule has 0 aliphatic carbocycles. The maximum atomic E-state index is 15.1. The van der Waals surface area contributed by atoms with E-state index in [4.69, 9.17) is 0 Å². The van der Waals surface area contributed by atoms with Gasteiger partial charge in [0.1, 0.15) is 0 Å². The van der Waals surface area contributed by atoms with Crippen LogP contribution in [0.4, 0.5) is 11.4 Å². The van der Waals surface area contributed by atoms with E-state index >= 15 is 9.59 Å². The quantitative estimate of drug-likeness (QED) is 0.625. The normalized spacial score (nSPS) is 32.8. The maximum absolute atomic E-state index is 15.1. The first-order valence-corrected chi connectivity index (χ1v) is 13.2. The zero-order chi connectivity index (χ0) is 24.7. The van der Waals surface area contributed by atoms with Crippen LogP contribution in [-0.4, -0.2) is 59.9 Å². The Morgan fingerprint density at radius 1 is 0.722 bits per heavy atom. The van der Waals surface area contributed by atoms with Gasteiger partial charge in [-0.3, -0.25) is 19.4 Å². The van der Waals surface area contributed by atoms with Gasteiger partial charge in [0, 0.05) is 60.8 Å². The Balaban J connectivity index is 1.62. The Morgan fingerprint density at radius 2 is 1.14 bits per heavy atom. The third-order valence-electron chi connectivity index (χ3n) is 9.33. The summed E-state index contributed by atoms with van der Waals surface area (Å²) < 4.78 is 0. The summed E-state index contributed by atoms with van der Waals surface area (Å²) in [5.41, 5.74) is 1.46. The fourth-order valence-corrected chi connectivity index (χ4v) is 8.38. The number of carbonyl (C=O) groups is 2. The average molecular weight is 481 g/mol. The second kappa shape index (κ2) is 7.64. The number of hydrogen-bond acceptors (Lipinski definition) is 4. The first-order valence-electron chi connectivity index (χ1n) is 13.2. The summed E-state index contributed by atoms with van der Waals surface area (Å²) in [6, 6.07) is 16.8. The second-order valence-electron chi connectivity index (χ2n) is 10.7. The number of fused-ring (bicyclic) bond motifs is 10. The summed E-state index contributed by atoms with van der Waals surface area (Å²) in [7, 11) is 0. The van der Waals surface area contributed by atoms with Crippen molar-refractivity contribution < 1.29 is 9.59 Å². The molecule has 0 saturated carbocycles. The van der Waals surface area contributed by atoms with Crippen LogP contribution in [-0.2, 0) is 20.7 Å². The number of piperazine rings is 1. The molecule has 0 bridgehead atoms. The molecule has 3 saturated heterocycles. The van der Waals surface area contributed by atoms with Crippen LogP contribution in [0.1, 0.15) is 36.8 Å². The van der Waals surface area contributed by atoms with E-state index in [1.54, 1.807) is 12.2 Å². The summed E-state index contributed by atoms with van der Waals surface area (Å²) in [6.45, 7) is 10.4. The van der Waals surface area contributed by atoms with Crippen molar-refractivity contribution in [2.75, 3.05) is 36.0 Å². The maximum Gasteiger partial charge on any atom is 0.255 e. The number of anilines is 2. The number of amides is 2. The number of nitrogens with zero attached hydrogens (tertiary/aromatic N) is 4. The summed E-state index contributed by atoms with van der Waals surface area (Å²) in [5.74, 6) is 0.00825. The van der Waals surface area contributed by atoms with Gasteiger partial charge in [0.15, 0.2) is 11.1 Å². The van der Waals surface area contributed by atoms with Gasteiger partial charge < -0.3 is 9.80 Å². The van der Waals surface area contributed by atoms with Gasteiger partial charge in [-0.15, -0.1) is 13.2 Å². The molecular weight excluding hydrogens is 448 g/mol. The molecule has 6 heteroatoms. The highest BCUT2D eigenvalue weighted by Crippen LogP contribution is 2.66. The van der Waals surface area contributed by atoms with Gasteiger partial charge in [-0.2, -0.15) is 0 Å². The molecule has 0 N–H and O–H groups in total. The van der Waals surface area contributed by atoms with E-state index in [1.807, 2.05) is 46.2 Å². The van der Waals surface area contributed by atoms with Crippen LogP contribution in [0.25, 0.3) is 0 Å². The van der Waals surface area contributed by atoms with Crippen LogP contribution >= 0.6 is 0 Å². The molecule has 2 aromatic rings. The van der Waals surface area contributed by atoms with Gasteiger partial charge in [0.2, 0.25) is 0 Å². The van der Waals surface area contributed by atoms with E-state index in [2.05, 4.69) is 35.1 Å². The number of rotatable bonds is 4. The molecule has 2 amide bonds. The minimum Gasteiger partial charge on any atom is -0.306 e. The van der Waals surface area contributed by atoms with Crippen molar-refractivity contribution in [2.45, 2.75) is 48.8 Å². The lowest BCUT2D eigenvalue weighted by Gasteiger charge is -2.61. The van der Waals surface area contributed by atoms with E-state index in [1.165, 1.54) is 0 Å². The first kappa shape index (κ1) is 22.0. The molecule has 36 heavy (non-hydrogen) atoms. The molecule has 3 fully saturated rings. The van der Waals surface area contributed by atoms with Gasteiger partial charge in [-0.25, -0.2) is 0 Å². The molecular formula is C30H32N4O2. The molecule has 2 aromatic carbocycles. The van der Waals surface area contributed by atoms with Crippen LogP contribution in [0.2, 0.25) is 0 Å². The van der Waals surface area contributed by atoms with E-state index in [0.29, 0.717) is 13.1 Å². The van der Waals surface area contributed by atoms with Crippen LogP contribution < -0.4 is 9.80 Å². The Kier molecular flexibility index (Phi) is 4.67. The Labute approximate surface area is 212 Å². The topological polar surface area (TPSA) is 47.1 Å². The molecule has 5 aliphatic rings. The molecule has 4 atom stereocenters. The lowest BCUT2D eigenvalue weighted by atomic mass is 9.64. The molecule has 184 valence electrons. The van der Waals surface area contributed by atoms with Crippen molar-refractivity contribution in [2.24, 2.45) is 0 Å². The molecule has 5 heterocycles. The highest BCUT2D eigenvalue weighted by atomic mass is 16.2. The summed E-state index contributed by atoms with van der Waals surface area (Å²) in [4.78, 5) is 38.8. The fourth-order valence-electron chi connectivity index (χ4n) is 8.38. The smallest absolute Gasteiger partial charge is 0.255 e. The monoisotopic (exact) mass is 480 g/mol. The lowest BCUT2D eigenvalue weighted by molar-refractivity contribution is -0.180. The summed E-state index contributed by atoms with van der Waals surface area (Å²) >= 11 is 0. The van der Waals surface area contributed by atoms with Gasteiger partial charge in [0.05, 0.1) is 0 Å².